The van der Waals surface area contributed by atoms with E-state index in [4.69, 9.17) is 0 Å². The molecule has 124 valence electrons. The van der Waals surface area contributed by atoms with E-state index < -0.39 is 12.3 Å². The molecule has 0 bridgehead atoms. The molecule has 0 radical (unpaired) electrons. The Morgan fingerprint density at radius 3 is 2.71 bits per heavy atom. The van der Waals surface area contributed by atoms with Gasteiger partial charge in [0.15, 0.2) is 5.13 Å². The predicted octanol–water partition coefficient (Wildman–Crippen LogP) is 4.15. The summed E-state index contributed by atoms with van der Waals surface area (Å²) < 4.78 is 41.0. The molecule has 0 saturated carbocycles. The number of rotatable bonds is 3. The van der Waals surface area contributed by atoms with Crippen LogP contribution < -0.4 is 10.1 Å². The summed E-state index contributed by atoms with van der Waals surface area (Å²) in [5.74, 6) is -0.729. The minimum atomic E-state index is -4.76. The van der Waals surface area contributed by atoms with Gasteiger partial charge in [0.25, 0.3) is 5.91 Å². The third-order valence-electron chi connectivity index (χ3n) is 2.99. The maximum atomic E-state index is 12.2. The molecule has 0 aliphatic heterocycles. The van der Waals surface area contributed by atoms with Gasteiger partial charge in [-0.3, -0.25) is 15.1 Å². The van der Waals surface area contributed by atoms with Crippen molar-refractivity contribution in [3.8, 4) is 5.75 Å². The molecule has 2 aromatic heterocycles. The lowest BCUT2D eigenvalue weighted by Crippen LogP contribution is -2.16. The summed E-state index contributed by atoms with van der Waals surface area (Å²) in [6.45, 7) is 1.80. The van der Waals surface area contributed by atoms with E-state index in [-0.39, 0.29) is 10.9 Å². The number of aryl methyl sites for hydroxylation is 1. The van der Waals surface area contributed by atoms with Crippen molar-refractivity contribution in [2.24, 2.45) is 0 Å². The van der Waals surface area contributed by atoms with Gasteiger partial charge >= 0.3 is 6.36 Å². The van der Waals surface area contributed by atoms with Gasteiger partial charge in [-0.1, -0.05) is 11.3 Å². The molecule has 0 unspecified atom stereocenters. The zero-order valence-electron chi connectivity index (χ0n) is 12.2. The Labute approximate surface area is 138 Å². The molecule has 9 heteroatoms. The van der Waals surface area contributed by atoms with Crippen LogP contribution in [0.2, 0.25) is 0 Å². The van der Waals surface area contributed by atoms with Crippen LogP contribution in [0.1, 0.15) is 16.1 Å². The van der Waals surface area contributed by atoms with E-state index in [9.17, 15) is 18.0 Å². The smallest absolute Gasteiger partial charge is 0.406 e. The second-order valence-corrected chi connectivity index (χ2v) is 5.87. The van der Waals surface area contributed by atoms with Crippen LogP contribution in [0.4, 0.5) is 18.3 Å². The molecule has 3 aromatic rings. The Kier molecular flexibility index (Phi) is 4.10. The van der Waals surface area contributed by atoms with Crippen molar-refractivity contribution in [3.05, 3.63) is 47.8 Å². The highest BCUT2D eigenvalue weighted by atomic mass is 32.1. The quantitative estimate of drug-likeness (QED) is 0.768. The van der Waals surface area contributed by atoms with Crippen LogP contribution in [0.5, 0.6) is 5.75 Å². The molecule has 1 aromatic carbocycles. The summed E-state index contributed by atoms with van der Waals surface area (Å²) in [4.78, 5) is 20.3. The Bertz CT molecular complexity index is 891. The van der Waals surface area contributed by atoms with Gasteiger partial charge in [-0.15, -0.1) is 13.2 Å². The minimum Gasteiger partial charge on any atom is -0.406 e. The van der Waals surface area contributed by atoms with Crippen LogP contribution in [0.3, 0.4) is 0 Å². The predicted molar refractivity (Wildman–Crippen MR) is 83.2 cm³/mol. The number of aromatic nitrogens is 2. The number of benzene rings is 1. The molecule has 1 N–H and O–H groups in total. The van der Waals surface area contributed by atoms with Crippen molar-refractivity contribution in [1.82, 2.24) is 9.97 Å². The lowest BCUT2D eigenvalue weighted by atomic mass is 10.2. The average Bonchev–Trinajstić information content (AvgIpc) is 2.87. The van der Waals surface area contributed by atoms with Crippen LogP contribution in [-0.2, 0) is 0 Å². The Balaban J connectivity index is 1.80. The normalized spacial score (nSPS) is 11.5. The first-order valence-corrected chi connectivity index (χ1v) is 7.52. The summed E-state index contributed by atoms with van der Waals surface area (Å²) in [6, 6.07) is 7.12. The van der Waals surface area contributed by atoms with Gasteiger partial charge in [0.2, 0.25) is 0 Å². The fraction of sp³-hybridized carbons (Fsp3) is 0.133. The monoisotopic (exact) mass is 353 g/mol. The topological polar surface area (TPSA) is 64.1 Å². The first-order chi connectivity index (χ1) is 11.3. The van der Waals surface area contributed by atoms with E-state index in [0.717, 1.165) is 17.0 Å². The standard InChI is InChI=1S/C15H10F3N3O2S/c1-8-2-3-9(7-19-8)13(22)21-14-20-11-5-4-10(6-12(11)24-14)23-15(16,17)18/h2-7H,1H3,(H,20,21,22). The number of carbonyl (C=O) groups excluding carboxylic acids is 1. The number of nitrogens with one attached hydrogen (secondary N) is 1. The fourth-order valence-corrected chi connectivity index (χ4v) is 2.82. The minimum absolute atomic E-state index is 0.278. The van der Waals surface area contributed by atoms with E-state index in [1.54, 1.807) is 19.1 Å². The number of anilines is 1. The Hall–Kier alpha value is -2.68. The Morgan fingerprint density at radius 2 is 2.04 bits per heavy atom. The lowest BCUT2D eigenvalue weighted by Gasteiger charge is -2.07. The van der Waals surface area contributed by atoms with Gasteiger partial charge in [-0.05, 0) is 31.2 Å². The number of nitrogens with zero attached hydrogens (tertiary/aromatic N) is 2. The van der Waals surface area contributed by atoms with Crippen molar-refractivity contribution in [3.63, 3.8) is 0 Å². The number of fused-ring (bicyclic) bond motifs is 1. The van der Waals surface area contributed by atoms with Crippen LogP contribution in [0.15, 0.2) is 36.5 Å². The number of alkyl halides is 3. The molecule has 0 fully saturated rings. The average molecular weight is 353 g/mol. The van der Waals surface area contributed by atoms with E-state index in [0.29, 0.717) is 15.8 Å². The summed E-state index contributed by atoms with van der Waals surface area (Å²) in [6.07, 6.45) is -3.32. The maximum Gasteiger partial charge on any atom is 0.573 e. The number of hydrogen-bond acceptors (Lipinski definition) is 5. The summed E-state index contributed by atoms with van der Waals surface area (Å²) in [5, 5.41) is 2.88. The first-order valence-electron chi connectivity index (χ1n) is 6.70. The van der Waals surface area contributed by atoms with Crippen molar-refractivity contribution in [2.45, 2.75) is 13.3 Å². The number of halogens is 3. The van der Waals surface area contributed by atoms with Gasteiger partial charge in [-0.25, -0.2) is 4.98 Å². The largest absolute Gasteiger partial charge is 0.573 e. The number of carbonyl (C=O) groups is 1. The van der Waals surface area contributed by atoms with Crippen LogP contribution in [0.25, 0.3) is 10.2 Å². The van der Waals surface area contributed by atoms with Crippen LogP contribution in [-0.4, -0.2) is 22.2 Å². The highest BCUT2D eigenvalue weighted by Gasteiger charge is 2.31. The molecule has 2 heterocycles. The molecule has 24 heavy (non-hydrogen) atoms. The van der Waals surface area contributed by atoms with Gasteiger partial charge in [-0.2, -0.15) is 0 Å². The highest BCUT2D eigenvalue weighted by Crippen LogP contribution is 2.31. The summed E-state index contributed by atoms with van der Waals surface area (Å²) in [5.41, 5.74) is 1.61. The van der Waals surface area contributed by atoms with Gasteiger partial charge < -0.3 is 4.74 Å². The van der Waals surface area contributed by atoms with E-state index in [2.05, 4.69) is 20.0 Å². The second-order valence-electron chi connectivity index (χ2n) is 4.84. The number of amides is 1. The van der Waals surface area contributed by atoms with Crippen molar-refractivity contribution in [2.75, 3.05) is 5.32 Å². The first kappa shape index (κ1) is 16.2. The van der Waals surface area contributed by atoms with Crippen molar-refractivity contribution < 1.29 is 22.7 Å². The molecular weight excluding hydrogens is 343 g/mol. The molecule has 3 rings (SSSR count). The SMILES string of the molecule is Cc1ccc(C(=O)Nc2nc3ccc(OC(F)(F)F)cc3s2)cn1. The van der Waals surface area contributed by atoms with E-state index in [1.807, 2.05) is 0 Å². The van der Waals surface area contributed by atoms with Crippen molar-refractivity contribution >= 4 is 32.6 Å². The molecule has 5 nitrogen and oxygen atoms in total. The number of thiazole rings is 1. The van der Waals surface area contributed by atoms with Gasteiger partial charge in [0.1, 0.15) is 5.75 Å². The number of hydrogen-bond donors (Lipinski definition) is 1. The fourth-order valence-electron chi connectivity index (χ4n) is 1.93. The molecule has 0 spiro atoms. The molecule has 0 aliphatic rings. The zero-order valence-corrected chi connectivity index (χ0v) is 13.0. The van der Waals surface area contributed by atoms with Gasteiger partial charge in [0.05, 0.1) is 15.8 Å². The number of pyridine rings is 1. The molecule has 0 aliphatic carbocycles. The van der Waals surface area contributed by atoms with Crippen molar-refractivity contribution in [1.29, 1.82) is 0 Å². The highest BCUT2D eigenvalue weighted by molar-refractivity contribution is 7.22. The van der Waals surface area contributed by atoms with Crippen LogP contribution >= 0.6 is 11.3 Å². The van der Waals surface area contributed by atoms with E-state index in [1.165, 1.54) is 24.4 Å². The third kappa shape index (κ3) is 3.80. The molecule has 0 atom stereocenters. The maximum absolute atomic E-state index is 12.2. The molecule has 0 saturated heterocycles. The molecular formula is C15H10F3N3O2S. The van der Waals surface area contributed by atoms with Crippen LogP contribution in [0, 0.1) is 6.92 Å². The lowest BCUT2D eigenvalue weighted by molar-refractivity contribution is -0.274. The summed E-state index contributed by atoms with van der Waals surface area (Å²) >= 11 is 1.05. The van der Waals surface area contributed by atoms with E-state index >= 15 is 0 Å². The number of ether oxygens (including phenoxy) is 1. The third-order valence-corrected chi connectivity index (χ3v) is 3.92. The Morgan fingerprint density at radius 1 is 1.25 bits per heavy atom. The summed E-state index contributed by atoms with van der Waals surface area (Å²) in [7, 11) is 0. The zero-order chi connectivity index (χ0) is 17.3. The molecule has 1 amide bonds. The second kappa shape index (κ2) is 6.08. The van der Waals surface area contributed by atoms with Gasteiger partial charge in [0, 0.05) is 18.0 Å².